The van der Waals surface area contributed by atoms with Crippen LogP contribution in [0.1, 0.15) is 25.0 Å². The van der Waals surface area contributed by atoms with Crippen LogP contribution in [0, 0.1) is 5.82 Å². The first-order chi connectivity index (χ1) is 11.5. The van der Waals surface area contributed by atoms with Gasteiger partial charge in [0, 0.05) is 24.8 Å². The number of methoxy groups -OCH3 is 1. The summed E-state index contributed by atoms with van der Waals surface area (Å²) in [5, 5.41) is 0.141. The van der Waals surface area contributed by atoms with Crippen molar-refractivity contribution in [1.82, 2.24) is 4.98 Å². The number of aromatic nitrogens is 1. The Kier molecular flexibility index (Phi) is 4.06. The Hall–Kier alpha value is -1.17. The topological polar surface area (TPSA) is 25.4 Å². The maximum absolute atomic E-state index is 14.0. The van der Waals surface area contributed by atoms with E-state index < -0.39 is 5.82 Å². The van der Waals surface area contributed by atoms with E-state index in [1.807, 2.05) is 18.2 Å². The number of fused-ring (bicyclic) bond motifs is 2. The van der Waals surface area contributed by atoms with Crippen LogP contribution in [0.15, 0.2) is 34.9 Å². The molecule has 0 saturated heterocycles. The SMILES string of the molecule is CO[C@@H]1CCC2(C1)CN(c1ccc(Cl)c(F)c1)c1ccc(Br)nc12. The molecule has 2 atom stereocenters. The molecule has 0 N–H and O–H groups in total. The smallest absolute Gasteiger partial charge is 0.143 e. The summed E-state index contributed by atoms with van der Waals surface area (Å²) < 4.78 is 20.4. The lowest BCUT2D eigenvalue weighted by molar-refractivity contribution is 0.103. The second-order valence-corrected chi connectivity index (χ2v) is 7.79. The number of hydrogen-bond acceptors (Lipinski definition) is 3. The van der Waals surface area contributed by atoms with Gasteiger partial charge >= 0.3 is 0 Å². The van der Waals surface area contributed by atoms with Gasteiger partial charge in [0.1, 0.15) is 10.4 Å². The molecule has 1 aliphatic heterocycles. The molecule has 1 aromatic carbocycles. The Labute approximate surface area is 153 Å². The molecule has 6 heteroatoms. The zero-order valence-corrected chi connectivity index (χ0v) is 15.6. The molecular weight excluding hydrogens is 395 g/mol. The fourth-order valence-electron chi connectivity index (χ4n) is 4.02. The highest BCUT2D eigenvalue weighted by Gasteiger charge is 2.49. The molecule has 2 heterocycles. The summed E-state index contributed by atoms with van der Waals surface area (Å²) in [6.45, 7) is 0.784. The average Bonchev–Trinajstić information content (AvgIpc) is 3.13. The third kappa shape index (κ3) is 2.54. The molecule has 1 aromatic heterocycles. The third-order valence-electron chi connectivity index (χ3n) is 5.21. The number of pyridine rings is 1. The molecule has 126 valence electrons. The summed E-state index contributed by atoms with van der Waals surface area (Å²) in [5.74, 6) is -0.400. The maximum Gasteiger partial charge on any atom is 0.143 e. The highest BCUT2D eigenvalue weighted by Crippen LogP contribution is 2.52. The van der Waals surface area contributed by atoms with E-state index in [2.05, 4.69) is 20.8 Å². The fourth-order valence-corrected chi connectivity index (χ4v) is 4.45. The van der Waals surface area contributed by atoms with Crippen LogP contribution in [-0.2, 0) is 10.2 Å². The van der Waals surface area contributed by atoms with Crippen LogP contribution in [0.5, 0.6) is 0 Å². The number of halogens is 3. The Morgan fingerprint density at radius 2 is 2.21 bits per heavy atom. The molecule has 0 bridgehead atoms. The van der Waals surface area contributed by atoms with Gasteiger partial charge < -0.3 is 9.64 Å². The molecule has 1 unspecified atom stereocenters. The maximum atomic E-state index is 14.0. The molecule has 24 heavy (non-hydrogen) atoms. The van der Waals surface area contributed by atoms with Crippen molar-refractivity contribution in [3.63, 3.8) is 0 Å². The molecule has 4 rings (SSSR count). The lowest BCUT2D eigenvalue weighted by Crippen LogP contribution is -2.30. The second kappa shape index (κ2) is 5.97. The predicted molar refractivity (Wildman–Crippen MR) is 96.7 cm³/mol. The molecular formula is C18H17BrClFN2O. The van der Waals surface area contributed by atoms with Gasteiger partial charge in [0.2, 0.25) is 0 Å². The number of hydrogen-bond donors (Lipinski definition) is 0. The zero-order chi connectivity index (χ0) is 16.9. The van der Waals surface area contributed by atoms with E-state index in [1.54, 1.807) is 13.2 Å². The molecule has 0 amide bonds. The molecule has 0 radical (unpaired) electrons. The summed E-state index contributed by atoms with van der Waals surface area (Å²) in [4.78, 5) is 6.92. The van der Waals surface area contributed by atoms with Crippen molar-refractivity contribution in [2.24, 2.45) is 0 Å². The molecule has 3 nitrogen and oxygen atoms in total. The van der Waals surface area contributed by atoms with E-state index in [9.17, 15) is 4.39 Å². The Bertz CT molecular complexity index is 803. The van der Waals surface area contributed by atoms with E-state index in [4.69, 9.17) is 21.3 Å². The van der Waals surface area contributed by atoms with Gasteiger partial charge in [0.05, 0.1) is 22.5 Å². The van der Waals surface area contributed by atoms with Crippen LogP contribution in [0.2, 0.25) is 5.02 Å². The number of nitrogens with zero attached hydrogens (tertiary/aromatic N) is 2. The summed E-state index contributed by atoms with van der Waals surface area (Å²) in [5.41, 5.74) is 2.87. The van der Waals surface area contributed by atoms with Gasteiger partial charge in [0.15, 0.2) is 0 Å². The highest BCUT2D eigenvalue weighted by molar-refractivity contribution is 9.10. The van der Waals surface area contributed by atoms with Crippen LogP contribution in [0.3, 0.4) is 0 Å². The van der Waals surface area contributed by atoms with Crippen molar-refractivity contribution < 1.29 is 9.13 Å². The van der Waals surface area contributed by atoms with Crippen molar-refractivity contribution in [2.45, 2.75) is 30.8 Å². The highest BCUT2D eigenvalue weighted by atomic mass is 79.9. The van der Waals surface area contributed by atoms with Crippen LogP contribution in [0.4, 0.5) is 15.8 Å². The van der Waals surface area contributed by atoms with Gasteiger partial charge in [-0.25, -0.2) is 9.37 Å². The average molecular weight is 412 g/mol. The minimum Gasteiger partial charge on any atom is -0.381 e. The van der Waals surface area contributed by atoms with Crippen molar-refractivity contribution >= 4 is 38.9 Å². The molecule has 2 aromatic rings. The molecule has 1 spiro atoms. The van der Waals surface area contributed by atoms with E-state index in [-0.39, 0.29) is 16.5 Å². The summed E-state index contributed by atoms with van der Waals surface area (Å²) in [6, 6.07) is 8.94. The summed E-state index contributed by atoms with van der Waals surface area (Å²) in [6.07, 6.45) is 3.23. The molecule has 2 aliphatic rings. The third-order valence-corrected chi connectivity index (χ3v) is 5.95. The Morgan fingerprint density at radius 1 is 1.38 bits per heavy atom. The predicted octanol–water partition coefficient (Wildman–Crippen LogP) is 5.23. The number of rotatable bonds is 2. The van der Waals surface area contributed by atoms with Crippen molar-refractivity contribution in [3.05, 3.63) is 51.5 Å². The first kappa shape index (κ1) is 16.3. The largest absolute Gasteiger partial charge is 0.381 e. The van der Waals surface area contributed by atoms with Gasteiger partial charge in [-0.05, 0) is 65.5 Å². The first-order valence-corrected chi connectivity index (χ1v) is 9.12. The fraction of sp³-hybridized carbons (Fsp3) is 0.389. The Balaban J connectivity index is 1.80. The van der Waals surface area contributed by atoms with Gasteiger partial charge in [-0.3, -0.25) is 0 Å². The zero-order valence-electron chi connectivity index (χ0n) is 13.2. The number of ether oxygens (including phenoxy) is 1. The van der Waals surface area contributed by atoms with Crippen LogP contribution in [-0.4, -0.2) is 24.7 Å². The quantitative estimate of drug-likeness (QED) is 0.633. The van der Waals surface area contributed by atoms with Crippen LogP contribution >= 0.6 is 27.5 Å². The standard InChI is InChI=1S/C18H17BrClFN2O/c1-24-12-6-7-18(9-12)10-23(11-2-3-13(20)14(21)8-11)15-4-5-16(19)22-17(15)18/h2-5,8,12H,6-7,9-10H2,1H3/t12-,18?/m1/s1. The number of anilines is 2. The minimum absolute atomic E-state index is 0.0457. The second-order valence-electron chi connectivity index (χ2n) is 6.57. The van der Waals surface area contributed by atoms with Gasteiger partial charge in [-0.15, -0.1) is 0 Å². The van der Waals surface area contributed by atoms with Crippen molar-refractivity contribution in [2.75, 3.05) is 18.6 Å². The van der Waals surface area contributed by atoms with E-state index in [1.165, 1.54) is 6.07 Å². The number of benzene rings is 1. The first-order valence-electron chi connectivity index (χ1n) is 7.95. The Morgan fingerprint density at radius 3 is 2.92 bits per heavy atom. The van der Waals surface area contributed by atoms with Crippen LogP contribution in [0.25, 0.3) is 0 Å². The van der Waals surface area contributed by atoms with Crippen molar-refractivity contribution in [1.29, 1.82) is 0 Å². The lowest BCUT2D eigenvalue weighted by atomic mass is 9.84. The normalized spacial score (nSPS) is 25.5. The summed E-state index contributed by atoms with van der Waals surface area (Å²) in [7, 11) is 1.76. The van der Waals surface area contributed by atoms with E-state index in [0.717, 1.165) is 47.5 Å². The van der Waals surface area contributed by atoms with Gasteiger partial charge in [-0.2, -0.15) is 0 Å². The van der Waals surface area contributed by atoms with Crippen LogP contribution < -0.4 is 4.90 Å². The molecule has 1 aliphatic carbocycles. The van der Waals surface area contributed by atoms with Crippen molar-refractivity contribution in [3.8, 4) is 0 Å². The lowest BCUT2D eigenvalue weighted by Gasteiger charge is -2.25. The molecule has 1 saturated carbocycles. The van der Waals surface area contributed by atoms with Gasteiger partial charge in [0.25, 0.3) is 0 Å². The van der Waals surface area contributed by atoms with E-state index >= 15 is 0 Å². The molecule has 1 fully saturated rings. The monoisotopic (exact) mass is 410 g/mol. The van der Waals surface area contributed by atoms with Gasteiger partial charge in [-0.1, -0.05) is 11.6 Å². The minimum atomic E-state index is -0.400. The summed E-state index contributed by atoms with van der Waals surface area (Å²) >= 11 is 9.32. The van der Waals surface area contributed by atoms with E-state index in [0.29, 0.717) is 0 Å².